The Bertz CT molecular complexity index is 999. The van der Waals surface area contributed by atoms with Gasteiger partial charge in [-0.2, -0.15) is 0 Å². The summed E-state index contributed by atoms with van der Waals surface area (Å²) in [7, 11) is 0. The van der Waals surface area contributed by atoms with Crippen molar-refractivity contribution in [2.24, 2.45) is 5.41 Å². The average molecular weight is 482 g/mol. The lowest BCUT2D eigenvalue weighted by Gasteiger charge is -2.40. The van der Waals surface area contributed by atoms with E-state index in [2.05, 4.69) is 42.8 Å². The summed E-state index contributed by atoms with van der Waals surface area (Å²) in [6, 6.07) is 4.19. The molecule has 192 valence electrons. The molecule has 1 aliphatic rings. The number of unbranched alkanes of at least 4 members (excludes halogenated alkanes) is 2. The maximum absolute atomic E-state index is 12.5. The number of carbonyl (C=O) groups is 1. The molecule has 1 fully saturated rings. The van der Waals surface area contributed by atoms with Gasteiger partial charge in [-0.15, -0.1) is 0 Å². The van der Waals surface area contributed by atoms with E-state index in [1.165, 1.54) is 18.4 Å². The minimum Gasteiger partial charge on any atom is -0.479 e. The number of nitrogens with zero attached hydrogens (tertiary/aromatic N) is 3. The molecule has 35 heavy (non-hydrogen) atoms. The molecule has 0 aromatic carbocycles. The second-order valence-electron chi connectivity index (χ2n) is 11.6. The first kappa shape index (κ1) is 27.1. The fraction of sp³-hybridized carbons (Fsp3) is 0.621. The van der Waals surface area contributed by atoms with Gasteiger partial charge in [-0.3, -0.25) is 9.97 Å². The number of pyridine rings is 2. The number of carboxylic acids is 1. The summed E-state index contributed by atoms with van der Waals surface area (Å²) in [6.45, 7) is 16.0. The van der Waals surface area contributed by atoms with Gasteiger partial charge < -0.3 is 14.7 Å². The maximum atomic E-state index is 12.5. The first-order valence-corrected chi connectivity index (χ1v) is 13.0. The number of aryl methyl sites for hydroxylation is 2. The van der Waals surface area contributed by atoms with Crippen LogP contribution in [0.2, 0.25) is 0 Å². The molecule has 0 aliphatic carbocycles. The van der Waals surface area contributed by atoms with Gasteiger partial charge in [-0.05, 0) is 70.4 Å². The van der Waals surface area contributed by atoms with Gasteiger partial charge in [0.2, 0.25) is 0 Å². The number of carboxylic acid groups (broad SMARTS) is 1. The van der Waals surface area contributed by atoms with Crippen molar-refractivity contribution in [2.45, 2.75) is 98.7 Å². The molecule has 1 saturated heterocycles. The largest absolute Gasteiger partial charge is 0.479 e. The number of hydrogen-bond acceptors (Lipinski definition) is 5. The molecule has 1 N–H and O–H groups in total. The van der Waals surface area contributed by atoms with E-state index in [0.29, 0.717) is 11.3 Å². The minimum atomic E-state index is -1.11. The summed E-state index contributed by atoms with van der Waals surface area (Å²) in [5.41, 5.74) is 4.78. The van der Waals surface area contributed by atoms with Crippen LogP contribution in [0.25, 0.3) is 11.3 Å². The van der Waals surface area contributed by atoms with E-state index in [0.717, 1.165) is 55.7 Å². The summed E-state index contributed by atoms with van der Waals surface area (Å²) in [6.07, 6.45) is 9.36. The zero-order valence-corrected chi connectivity index (χ0v) is 22.6. The summed E-state index contributed by atoms with van der Waals surface area (Å²) < 4.78 is 6.12. The van der Waals surface area contributed by atoms with Crippen LogP contribution in [-0.2, 0) is 16.0 Å². The smallest absolute Gasteiger partial charge is 0.337 e. The van der Waals surface area contributed by atoms with Crippen molar-refractivity contribution in [3.8, 4) is 11.3 Å². The lowest BCUT2D eigenvalue weighted by atomic mass is 9.82. The van der Waals surface area contributed by atoms with Crippen LogP contribution in [0.1, 0.15) is 96.6 Å². The first-order chi connectivity index (χ1) is 16.4. The van der Waals surface area contributed by atoms with Crippen LogP contribution in [0.4, 0.5) is 5.69 Å². The number of ether oxygens (including phenoxy) is 1. The van der Waals surface area contributed by atoms with Crippen LogP contribution < -0.4 is 4.90 Å². The van der Waals surface area contributed by atoms with Gasteiger partial charge in [-0.1, -0.05) is 39.7 Å². The van der Waals surface area contributed by atoms with Crippen molar-refractivity contribution in [1.82, 2.24) is 9.97 Å². The predicted octanol–water partition coefficient (Wildman–Crippen LogP) is 6.75. The van der Waals surface area contributed by atoms with Crippen molar-refractivity contribution in [2.75, 3.05) is 18.0 Å². The summed E-state index contributed by atoms with van der Waals surface area (Å²) in [5, 5.41) is 10.2. The lowest BCUT2D eigenvalue weighted by Crippen LogP contribution is -2.39. The quantitative estimate of drug-likeness (QED) is 0.399. The lowest BCUT2D eigenvalue weighted by molar-refractivity contribution is -0.160. The van der Waals surface area contributed by atoms with Crippen LogP contribution >= 0.6 is 0 Å². The third-order valence-corrected chi connectivity index (χ3v) is 6.85. The number of anilines is 1. The Labute approximate surface area is 211 Å². The average Bonchev–Trinajstić information content (AvgIpc) is 2.78. The number of piperidine rings is 1. The molecule has 3 heterocycles. The van der Waals surface area contributed by atoms with Crippen LogP contribution in [0.15, 0.2) is 24.5 Å². The van der Waals surface area contributed by atoms with Crippen LogP contribution in [0, 0.1) is 12.3 Å². The molecule has 2 aromatic heterocycles. The van der Waals surface area contributed by atoms with E-state index in [1.54, 1.807) is 0 Å². The van der Waals surface area contributed by atoms with Crippen LogP contribution in [0.5, 0.6) is 0 Å². The molecule has 0 bridgehead atoms. The van der Waals surface area contributed by atoms with Crippen molar-refractivity contribution in [1.29, 1.82) is 0 Å². The van der Waals surface area contributed by atoms with Gasteiger partial charge in [0.15, 0.2) is 6.10 Å². The number of aromatic nitrogens is 2. The second-order valence-corrected chi connectivity index (χ2v) is 11.6. The molecular formula is C29H43N3O3. The van der Waals surface area contributed by atoms with E-state index in [1.807, 2.05) is 40.1 Å². The van der Waals surface area contributed by atoms with Crippen LogP contribution in [0.3, 0.4) is 0 Å². The molecule has 0 amide bonds. The summed E-state index contributed by atoms with van der Waals surface area (Å²) >= 11 is 0. The second kappa shape index (κ2) is 11.1. The van der Waals surface area contributed by atoms with E-state index in [9.17, 15) is 9.90 Å². The maximum Gasteiger partial charge on any atom is 0.337 e. The Morgan fingerprint density at radius 3 is 2.37 bits per heavy atom. The zero-order chi connectivity index (χ0) is 25.8. The standard InChI is InChI=1S/C29H43N3O3/c1-8-9-10-11-21-12-13-23(31-18-21)22-19-30-20(2)24(26(27(33)34)35-28(3,4)5)25(22)32-16-14-29(6,7)15-17-32/h12-13,18-19,26H,8-11,14-17H2,1-7H3,(H,33,34)/t26-/m0/s1. The van der Waals surface area contributed by atoms with Gasteiger partial charge in [0.1, 0.15) is 0 Å². The molecule has 6 heteroatoms. The van der Waals surface area contributed by atoms with Crippen molar-refractivity contribution >= 4 is 11.7 Å². The van der Waals surface area contributed by atoms with E-state index < -0.39 is 17.7 Å². The van der Waals surface area contributed by atoms with Gasteiger partial charge in [0, 0.05) is 42.3 Å². The molecule has 1 aliphatic heterocycles. The van der Waals surface area contributed by atoms with Gasteiger partial charge in [-0.25, -0.2) is 4.79 Å². The highest BCUT2D eigenvalue weighted by Crippen LogP contribution is 2.43. The Morgan fingerprint density at radius 1 is 1.14 bits per heavy atom. The normalized spacial score (nSPS) is 16.8. The Kier molecular flexibility index (Phi) is 8.58. The summed E-state index contributed by atoms with van der Waals surface area (Å²) in [4.78, 5) is 24.3. The molecule has 3 rings (SSSR count). The third kappa shape index (κ3) is 7.03. The van der Waals surface area contributed by atoms with Crippen molar-refractivity contribution in [3.63, 3.8) is 0 Å². The van der Waals surface area contributed by atoms with Crippen molar-refractivity contribution in [3.05, 3.63) is 41.3 Å². The first-order valence-electron chi connectivity index (χ1n) is 13.0. The minimum absolute atomic E-state index is 0.269. The highest BCUT2D eigenvalue weighted by molar-refractivity contribution is 5.85. The van der Waals surface area contributed by atoms with E-state index in [-0.39, 0.29) is 5.41 Å². The monoisotopic (exact) mass is 481 g/mol. The molecular weight excluding hydrogens is 438 g/mol. The topological polar surface area (TPSA) is 75.6 Å². The fourth-order valence-corrected chi connectivity index (χ4v) is 4.68. The van der Waals surface area contributed by atoms with E-state index >= 15 is 0 Å². The molecule has 6 nitrogen and oxygen atoms in total. The number of hydrogen-bond donors (Lipinski definition) is 1. The molecule has 1 atom stereocenters. The van der Waals surface area contributed by atoms with Gasteiger partial charge in [0.05, 0.1) is 17.0 Å². The van der Waals surface area contributed by atoms with Gasteiger partial charge >= 0.3 is 5.97 Å². The Morgan fingerprint density at radius 2 is 1.83 bits per heavy atom. The molecule has 0 spiro atoms. The highest BCUT2D eigenvalue weighted by atomic mass is 16.5. The summed E-state index contributed by atoms with van der Waals surface area (Å²) in [5.74, 6) is -1.00. The molecule has 2 aromatic rings. The fourth-order valence-electron chi connectivity index (χ4n) is 4.68. The molecule has 0 radical (unpaired) electrons. The molecule has 0 saturated carbocycles. The van der Waals surface area contributed by atoms with Crippen LogP contribution in [-0.4, -0.2) is 39.7 Å². The van der Waals surface area contributed by atoms with Crippen molar-refractivity contribution < 1.29 is 14.6 Å². The number of rotatable bonds is 9. The predicted molar refractivity (Wildman–Crippen MR) is 142 cm³/mol. The molecule has 0 unspecified atom stereocenters. The Hall–Kier alpha value is -2.47. The van der Waals surface area contributed by atoms with Gasteiger partial charge in [0.25, 0.3) is 0 Å². The third-order valence-electron chi connectivity index (χ3n) is 6.85. The zero-order valence-electron chi connectivity index (χ0n) is 22.6. The SMILES string of the molecule is CCCCCc1ccc(-c2cnc(C)c([C@H](OC(C)(C)C)C(=O)O)c2N2CCC(C)(C)CC2)nc1. The van der Waals surface area contributed by atoms with E-state index in [4.69, 9.17) is 9.72 Å². The Balaban J connectivity index is 2.12. The number of aliphatic carboxylic acids is 1. The highest BCUT2D eigenvalue weighted by Gasteiger charge is 2.35.